The van der Waals surface area contributed by atoms with Gasteiger partial charge in [-0.05, 0) is 18.6 Å². The molecule has 2 rings (SSSR count). The van der Waals surface area contributed by atoms with Crippen LogP contribution in [-0.2, 0) is 9.59 Å². The maximum Gasteiger partial charge on any atom is 0.326 e. The lowest BCUT2D eigenvalue weighted by Gasteiger charge is -2.33. The van der Waals surface area contributed by atoms with Crippen molar-refractivity contribution in [1.82, 2.24) is 0 Å². The lowest BCUT2D eigenvalue weighted by Crippen LogP contribution is -2.49. The second-order valence-electron chi connectivity index (χ2n) is 4.15. The van der Waals surface area contributed by atoms with Crippen molar-refractivity contribution in [3.8, 4) is 11.5 Å². The molecule has 1 heterocycles. The van der Waals surface area contributed by atoms with Crippen molar-refractivity contribution >= 4 is 17.6 Å². The van der Waals surface area contributed by atoms with Crippen molar-refractivity contribution in [1.29, 1.82) is 0 Å². The highest BCUT2D eigenvalue weighted by Crippen LogP contribution is 2.36. The van der Waals surface area contributed by atoms with E-state index in [-0.39, 0.29) is 12.5 Å². The van der Waals surface area contributed by atoms with E-state index in [2.05, 4.69) is 0 Å². The minimum absolute atomic E-state index is 0.150. The van der Waals surface area contributed by atoms with Gasteiger partial charge in [-0.15, -0.1) is 0 Å². The normalized spacial score (nSPS) is 15.5. The molecule has 0 aliphatic carbocycles. The fourth-order valence-electron chi connectivity index (χ4n) is 2.09. The summed E-state index contributed by atoms with van der Waals surface area (Å²) in [6, 6.07) is 4.08. The Bertz CT molecular complexity index is 514. The van der Waals surface area contributed by atoms with E-state index in [9.17, 15) is 14.7 Å². The maximum atomic E-state index is 12.0. The number of benzene rings is 1. The summed E-state index contributed by atoms with van der Waals surface area (Å²) in [6.07, 6.45) is 0.317. The molecule has 1 N–H and O–H groups in total. The number of rotatable bonds is 4. The number of carbonyl (C=O) groups excluding carboxylic acids is 1. The van der Waals surface area contributed by atoms with Crippen LogP contribution in [-0.4, -0.2) is 36.7 Å². The number of hydrogen-bond acceptors (Lipinski definition) is 4. The quantitative estimate of drug-likeness (QED) is 0.887. The van der Waals surface area contributed by atoms with E-state index >= 15 is 0 Å². The van der Waals surface area contributed by atoms with E-state index in [1.807, 2.05) is 0 Å². The van der Waals surface area contributed by atoms with E-state index in [1.165, 1.54) is 12.0 Å². The molecule has 6 heteroatoms. The molecule has 0 aromatic heterocycles. The minimum atomic E-state index is -1.04. The zero-order chi connectivity index (χ0) is 14.0. The molecule has 102 valence electrons. The Balaban J connectivity index is 2.49. The Labute approximate surface area is 110 Å². The van der Waals surface area contributed by atoms with Crippen LogP contribution in [0.2, 0.25) is 0 Å². The van der Waals surface area contributed by atoms with Crippen LogP contribution in [0.1, 0.15) is 13.3 Å². The van der Waals surface area contributed by atoms with Gasteiger partial charge in [0.1, 0.15) is 17.5 Å². The summed E-state index contributed by atoms with van der Waals surface area (Å²) in [5.74, 6) is -0.371. The van der Waals surface area contributed by atoms with Crippen LogP contribution in [0.15, 0.2) is 18.2 Å². The average molecular weight is 265 g/mol. The number of methoxy groups -OCH3 is 1. The Morgan fingerprint density at radius 3 is 2.89 bits per heavy atom. The number of carboxylic acids is 1. The lowest BCUT2D eigenvalue weighted by molar-refractivity contribution is -0.140. The summed E-state index contributed by atoms with van der Waals surface area (Å²) in [4.78, 5) is 24.5. The average Bonchev–Trinajstić information content (AvgIpc) is 2.41. The van der Waals surface area contributed by atoms with Crippen LogP contribution in [0, 0.1) is 0 Å². The Morgan fingerprint density at radius 1 is 1.58 bits per heavy atom. The van der Waals surface area contributed by atoms with Gasteiger partial charge in [-0.3, -0.25) is 9.69 Å². The first-order chi connectivity index (χ1) is 9.08. The van der Waals surface area contributed by atoms with E-state index in [1.54, 1.807) is 25.1 Å². The summed E-state index contributed by atoms with van der Waals surface area (Å²) >= 11 is 0. The zero-order valence-corrected chi connectivity index (χ0v) is 10.8. The van der Waals surface area contributed by atoms with Gasteiger partial charge in [0.15, 0.2) is 6.61 Å². The molecule has 6 nitrogen and oxygen atoms in total. The van der Waals surface area contributed by atoms with Gasteiger partial charge in [0, 0.05) is 6.07 Å². The van der Waals surface area contributed by atoms with E-state index in [0.29, 0.717) is 23.6 Å². The fourth-order valence-corrected chi connectivity index (χ4v) is 2.09. The number of ether oxygens (including phenoxy) is 2. The second-order valence-corrected chi connectivity index (χ2v) is 4.15. The van der Waals surface area contributed by atoms with Crippen molar-refractivity contribution < 1.29 is 24.2 Å². The van der Waals surface area contributed by atoms with E-state index < -0.39 is 12.0 Å². The number of amides is 1. The molecule has 1 aliphatic rings. The van der Waals surface area contributed by atoms with Crippen LogP contribution in [0.3, 0.4) is 0 Å². The molecule has 0 bridgehead atoms. The summed E-state index contributed by atoms with van der Waals surface area (Å²) in [5.41, 5.74) is 0.435. The summed E-state index contributed by atoms with van der Waals surface area (Å²) in [7, 11) is 1.51. The molecule has 0 fully saturated rings. The lowest BCUT2D eigenvalue weighted by atomic mass is 10.1. The molecule has 0 radical (unpaired) electrons. The van der Waals surface area contributed by atoms with Crippen molar-refractivity contribution in [2.75, 3.05) is 18.6 Å². The van der Waals surface area contributed by atoms with Crippen molar-refractivity contribution in [3.63, 3.8) is 0 Å². The first-order valence-corrected chi connectivity index (χ1v) is 5.94. The topological polar surface area (TPSA) is 76.1 Å². The summed E-state index contributed by atoms with van der Waals surface area (Å²) in [5, 5.41) is 9.23. The molecule has 0 spiro atoms. The smallest absolute Gasteiger partial charge is 0.326 e. The van der Waals surface area contributed by atoms with Gasteiger partial charge < -0.3 is 14.6 Å². The number of carbonyl (C=O) groups is 2. The third-order valence-electron chi connectivity index (χ3n) is 3.03. The van der Waals surface area contributed by atoms with Crippen molar-refractivity contribution in [2.24, 2.45) is 0 Å². The van der Waals surface area contributed by atoms with Gasteiger partial charge >= 0.3 is 5.97 Å². The number of hydrogen-bond donors (Lipinski definition) is 1. The number of fused-ring (bicyclic) bond motifs is 1. The van der Waals surface area contributed by atoms with Gasteiger partial charge in [-0.2, -0.15) is 0 Å². The molecule has 1 aromatic rings. The number of anilines is 1. The molecule has 1 aliphatic heterocycles. The molecule has 0 saturated heterocycles. The molecule has 0 saturated carbocycles. The highest BCUT2D eigenvalue weighted by Gasteiger charge is 2.34. The largest absolute Gasteiger partial charge is 0.497 e. The first kappa shape index (κ1) is 13.2. The monoisotopic (exact) mass is 265 g/mol. The fraction of sp³-hybridized carbons (Fsp3) is 0.385. The van der Waals surface area contributed by atoms with Gasteiger partial charge in [0.05, 0.1) is 12.8 Å². The molecule has 1 atom stereocenters. The van der Waals surface area contributed by atoms with Crippen LogP contribution in [0.5, 0.6) is 11.5 Å². The van der Waals surface area contributed by atoms with Gasteiger partial charge in [0.25, 0.3) is 5.91 Å². The number of nitrogens with zero attached hydrogens (tertiary/aromatic N) is 1. The second kappa shape index (κ2) is 5.17. The van der Waals surface area contributed by atoms with Crippen molar-refractivity contribution in [3.05, 3.63) is 18.2 Å². The third kappa shape index (κ3) is 2.33. The predicted molar refractivity (Wildman–Crippen MR) is 67.7 cm³/mol. The zero-order valence-electron chi connectivity index (χ0n) is 10.8. The van der Waals surface area contributed by atoms with Crippen LogP contribution in [0.4, 0.5) is 5.69 Å². The Kier molecular flexibility index (Phi) is 3.59. The van der Waals surface area contributed by atoms with Crippen LogP contribution in [0.25, 0.3) is 0 Å². The highest BCUT2D eigenvalue weighted by molar-refractivity contribution is 6.02. The predicted octanol–water partition coefficient (Wildman–Crippen LogP) is 1.28. The van der Waals surface area contributed by atoms with E-state index in [4.69, 9.17) is 9.47 Å². The van der Waals surface area contributed by atoms with Gasteiger partial charge in [0.2, 0.25) is 0 Å². The SMILES string of the molecule is CCC(C(=O)O)N1C(=O)COc2ccc(OC)cc21. The molecule has 1 amide bonds. The number of carboxylic acid groups (broad SMARTS) is 1. The summed E-state index contributed by atoms with van der Waals surface area (Å²) < 4.78 is 10.4. The Hall–Kier alpha value is -2.24. The van der Waals surface area contributed by atoms with Crippen LogP contribution >= 0.6 is 0 Å². The van der Waals surface area contributed by atoms with Crippen molar-refractivity contribution in [2.45, 2.75) is 19.4 Å². The number of aliphatic carboxylic acids is 1. The van der Waals surface area contributed by atoms with Crippen LogP contribution < -0.4 is 14.4 Å². The minimum Gasteiger partial charge on any atom is -0.497 e. The molecule has 1 aromatic carbocycles. The third-order valence-corrected chi connectivity index (χ3v) is 3.03. The molecule has 1 unspecified atom stereocenters. The molecular weight excluding hydrogens is 250 g/mol. The standard InChI is InChI=1S/C13H15NO5/c1-3-9(13(16)17)14-10-6-8(18-2)4-5-11(10)19-7-12(14)15/h4-6,9H,3,7H2,1-2H3,(H,16,17). The highest BCUT2D eigenvalue weighted by atomic mass is 16.5. The van der Waals surface area contributed by atoms with E-state index in [0.717, 1.165) is 0 Å². The first-order valence-electron chi connectivity index (χ1n) is 5.94. The van der Waals surface area contributed by atoms with Gasteiger partial charge in [-0.25, -0.2) is 4.79 Å². The summed E-state index contributed by atoms with van der Waals surface area (Å²) in [6.45, 7) is 1.57. The maximum absolute atomic E-state index is 12.0. The Morgan fingerprint density at radius 2 is 2.32 bits per heavy atom. The molecule has 19 heavy (non-hydrogen) atoms. The van der Waals surface area contributed by atoms with Gasteiger partial charge in [-0.1, -0.05) is 6.92 Å². The molecular formula is C13H15NO5.